The lowest BCUT2D eigenvalue weighted by atomic mass is 10.0. The molecule has 3 heteroatoms. The summed E-state index contributed by atoms with van der Waals surface area (Å²) in [5.41, 5.74) is 1.31. The highest BCUT2D eigenvalue weighted by molar-refractivity contribution is 9.10. The van der Waals surface area contributed by atoms with E-state index in [1.54, 1.807) is 7.11 Å². The van der Waals surface area contributed by atoms with E-state index in [0.29, 0.717) is 5.92 Å². The van der Waals surface area contributed by atoms with Crippen LogP contribution in [0.25, 0.3) is 0 Å². The maximum absolute atomic E-state index is 5.14. The van der Waals surface area contributed by atoms with Gasteiger partial charge in [0.25, 0.3) is 0 Å². The lowest BCUT2D eigenvalue weighted by Crippen LogP contribution is -2.07. The number of halogens is 2. The molecule has 0 heterocycles. The van der Waals surface area contributed by atoms with Gasteiger partial charge < -0.3 is 4.74 Å². The number of methoxy groups -OCH3 is 1. The van der Waals surface area contributed by atoms with Crippen molar-refractivity contribution in [3.63, 3.8) is 0 Å². The Hall–Kier alpha value is 0.140. The van der Waals surface area contributed by atoms with Gasteiger partial charge in [-0.1, -0.05) is 44.0 Å². The molecule has 72 valence electrons. The Morgan fingerprint density at radius 3 is 2.38 bits per heavy atom. The van der Waals surface area contributed by atoms with Crippen LogP contribution >= 0.6 is 31.9 Å². The third-order valence-corrected chi connectivity index (χ3v) is 3.21. The van der Waals surface area contributed by atoms with Crippen molar-refractivity contribution >= 4 is 31.9 Å². The van der Waals surface area contributed by atoms with Gasteiger partial charge in [-0.3, -0.25) is 0 Å². The molecule has 13 heavy (non-hydrogen) atoms. The summed E-state index contributed by atoms with van der Waals surface area (Å²) >= 11 is 6.89. The molecule has 0 saturated carbocycles. The third kappa shape index (κ3) is 3.41. The average molecular weight is 308 g/mol. The van der Waals surface area contributed by atoms with Crippen molar-refractivity contribution in [3.05, 3.63) is 34.3 Å². The Morgan fingerprint density at radius 1 is 1.31 bits per heavy atom. The smallest absolute Gasteiger partial charge is 0.0539 e. The fourth-order valence-corrected chi connectivity index (χ4v) is 1.99. The quantitative estimate of drug-likeness (QED) is 0.773. The maximum Gasteiger partial charge on any atom is 0.0539 e. The van der Waals surface area contributed by atoms with Crippen LogP contribution in [0.3, 0.4) is 0 Å². The minimum absolute atomic E-state index is 0.443. The molecule has 0 spiro atoms. The molecule has 0 amide bonds. The summed E-state index contributed by atoms with van der Waals surface area (Å²) in [4.78, 5) is 0. The molecule has 1 aromatic carbocycles. The fourth-order valence-electron chi connectivity index (χ4n) is 1.17. The second kappa shape index (κ2) is 5.78. The molecule has 1 nitrogen and oxygen atoms in total. The highest BCUT2D eigenvalue weighted by Crippen LogP contribution is 2.20. The first kappa shape index (κ1) is 11.2. The SMILES string of the molecule is COC[C@H](CBr)c1ccc(Br)cc1. The lowest BCUT2D eigenvalue weighted by Gasteiger charge is -2.12. The first-order valence-electron chi connectivity index (χ1n) is 4.08. The summed E-state index contributed by atoms with van der Waals surface area (Å²) in [7, 11) is 1.73. The Labute approximate surface area is 95.7 Å². The molecule has 0 bridgehead atoms. The fraction of sp³-hybridized carbons (Fsp3) is 0.400. The molecular weight excluding hydrogens is 296 g/mol. The molecule has 0 radical (unpaired) electrons. The van der Waals surface area contributed by atoms with E-state index >= 15 is 0 Å². The van der Waals surface area contributed by atoms with Gasteiger partial charge in [-0.25, -0.2) is 0 Å². The van der Waals surface area contributed by atoms with Gasteiger partial charge in [0.15, 0.2) is 0 Å². The number of hydrogen-bond donors (Lipinski definition) is 0. The molecular formula is C10H12Br2O. The van der Waals surface area contributed by atoms with E-state index in [0.717, 1.165) is 16.4 Å². The molecule has 0 N–H and O–H groups in total. The van der Waals surface area contributed by atoms with E-state index in [1.165, 1.54) is 5.56 Å². The molecule has 0 aromatic heterocycles. The van der Waals surface area contributed by atoms with Gasteiger partial charge >= 0.3 is 0 Å². The van der Waals surface area contributed by atoms with Crippen LogP contribution in [0.5, 0.6) is 0 Å². The summed E-state index contributed by atoms with van der Waals surface area (Å²) in [6, 6.07) is 8.35. The van der Waals surface area contributed by atoms with Crippen molar-refractivity contribution in [2.75, 3.05) is 19.0 Å². The number of hydrogen-bond acceptors (Lipinski definition) is 1. The lowest BCUT2D eigenvalue weighted by molar-refractivity contribution is 0.186. The summed E-state index contributed by atoms with van der Waals surface area (Å²) in [5.74, 6) is 0.443. The molecule has 0 aliphatic rings. The molecule has 0 fully saturated rings. The van der Waals surface area contributed by atoms with Gasteiger partial charge in [0.1, 0.15) is 0 Å². The second-order valence-electron chi connectivity index (χ2n) is 2.86. The van der Waals surface area contributed by atoms with E-state index < -0.39 is 0 Å². The predicted molar refractivity (Wildman–Crippen MR) is 62.6 cm³/mol. The van der Waals surface area contributed by atoms with Crippen molar-refractivity contribution in [2.45, 2.75) is 5.92 Å². The van der Waals surface area contributed by atoms with E-state index in [-0.39, 0.29) is 0 Å². The van der Waals surface area contributed by atoms with Crippen molar-refractivity contribution in [2.24, 2.45) is 0 Å². The largest absolute Gasteiger partial charge is 0.384 e. The second-order valence-corrected chi connectivity index (χ2v) is 4.42. The van der Waals surface area contributed by atoms with Gasteiger partial charge in [-0.05, 0) is 17.7 Å². The predicted octanol–water partition coefficient (Wildman–Crippen LogP) is 3.57. The van der Waals surface area contributed by atoms with Gasteiger partial charge in [0, 0.05) is 22.8 Å². The normalized spacial score (nSPS) is 12.8. The molecule has 0 unspecified atom stereocenters. The highest BCUT2D eigenvalue weighted by atomic mass is 79.9. The van der Waals surface area contributed by atoms with E-state index in [1.807, 2.05) is 0 Å². The minimum Gasteiger partial charge on any atom is -0.384 e. The molecule has 0 aliphatic carbocycles. The molecule has 0 saturated heterocycles. The summed E-state index contributed by atoms with van der Waals surface area (Å²) in [6.45, 7) is 0.757. The first-order valence-corrected chi connectivity index (χ1v) is 5.99. The number of benzene rings is 1. The van der Waals surface area contributed by atoms with Crippen LogP contribution in [0.1, 0.15) is 11.5 Å². The molecule has 0 aliphatic heterocycles. The highest BCUT2D eigenvalue weighted by Gasteiger charge is 2.08. The van der Waals surface area contributed by atoms with Gasteiger partial charge in [-0.2, -0.15) is 0 Å². The van der Waals surface area contributed by atoms with Crippen LogP contribution in [0.4, 0.5) is 0 Å². The topological polar surface area (TPSA) is 9.23 Å². The van der Waals surface area contributed by atoms with Gasteiger partial charge in [0.2, 0.25) is 0 Å². The van der Waals surface area contributed by atoms with Gasteiger partial charge in [-0.15, -0.1) is 0 Å². The van der Waals surface area contributed by atoms with E-state index in [2.05, 4.69) is 56.1 Å². The Kier molecular flexibility index (Phi) is 4.99. The van der Waals surface area contributed by atoms with Crippen LogP contribution in [0.15, 0.2) is 28.7 Å². The zero-order chi connectivity index (χ0) is 9.68. The molecule has 1 aromatic rings. The number of alkyl halides is 1. The summed E-state index contributed by atoms with van der Waals surface area (Å²) in [5, 5.41) is 0.933. The monoisotopic (exact) mass is 306 g/mol. The van der Waals surface area contributed by atoms with Crippen molar-refractivity contribution in [1.82, 2.24) is 0 Å². The van der Waals surface area contributed by atoms with E-state index in [4.69, 9.17) is 4.74 Å². The Morgan fingerprint density at radius 2 is 1.92 bits per heavy atom. The summed E-state index contributed by atoms with van der Waals surface area (Å²) in [6.07, 6.45) is 0. The van der Waals surface area contributed by atoms with Gasteiger partial charge in [0.05, 0.1) is 6.61 Å². The van der Waals surface area contributed by atoms with Crippen molar-refractivity contribution in [3.8, 4) is 0 Å². The van der Waals surface area contributed by atoms with Crippen LogP contribution in [-0.2, 0) is 4.74 Å². The summed E-state index contributed by atoms with van der Waals surface area (Å²) < 4.78 is 6.25. The van der Waals surface area contributed by atoms with Crippen LogP contribution in [0.2, 0.25) is 0 Å². The van der Waals surface area contributed by atoms with Crippen molar-refractivity contribution in [1.29, 1.82) is 0 Å². The molecule has 1 rings (SSSR count). The maximum atomic E-state index is 5.14. The average Bonchev–Trinajstić information content (AvgIpc) is 2.16. The van der Waals surface area contributed by atoms with Crippen LogP contribution in [0, 0.1) is 0 Å². The van der Waals surface area contributed by atoms with Crippen LogP contribution in [-0.4, -0.2) is 19.0 Å². The standard InChI is InChI=1S/C10H12Br2O/c1-13-7-9(6-11)8-2-4-10(12)5-3-8/h2-5,9H,6-7H2,1H3/t9-/m0/s1. The Bertz CT molecular complexity index is 246. The third-order valence-electron chi connectivity index (χ3n) is 1.90. The van der Waals surface area contributed by atoms with Crippen molar-refractivity contribution < 1.29 is 4.74 Å². The number of rotatable bonds is 4. The van der Waals surface area contributed by atoms with Crippen LogP contribution < -0.4 is 0 Å². The zero-order valence-corrected chi connectivity index (χ0v) is 10.6. The zero-order valence-electron chi connectivity index (χ0n) is 7.47. The first-order chi connectivity index (χ1) is 6.27. The minimum atomic E-state index is 0.443. The molecule has 1 atom stereocenters. The Balaban J connectivity index is 2.73. The number of ether oxygens (including phenoxy) is 1. The van der Waals surface area contributed by atoms with E-state index in [9.17, 15) is 0 Å².